The summed E-state index contributed by atoms with van der Waals surface area (Å²) < 4.78 is 6.71. The third-order valence-electron chi connectivity index (χ3n) is 5.10. The fourth-order valence-corrected chi connectivity index (χ4v) is 3.52. The molecular weight excluding hydrogens is 404 g/mol. The summed E-state index contributed by atoms with van der Waals surface area (Å²) in [6, 6.07) is 27.5. The van der Waals surface area contributed by atoms with Gasteiger partial charge in [0.25, 0.3) is 0 Å². The Hall–Kier alpha value is -4.58. The lowest BCUT2D eigenvalue weighted by Gasteiger charge is -2.06. The Kier molecular flexibility index (Phi) is 4.80. The first kappa shape index (κ1) is 19.4. The minimum atomic E-state index is -0.745. The molecule has 0 bridgehead atoms. The number of fused-ring (bicyclic) bond motifs is 1. The van der Waals surface area contributed by atoms with Gasteiger partial charge in [0.2, 0.25) is 11.6 Å². The van der Waals surface area contributed by atoms with Gasteiger partial charge in [-0.15, -0.1) is 0 Å². The molecule has 2 heterocycles. The Balaban J connectivity index is 1.67. The molecule has 0 N–H and O–H groups in total. The second-order valence-electron chi connectivity index (χ2n) is 7.17. The van der Waals surface area contributed by atoms with Crippen molar-refractivity contribution >= 4 is 22.5 Å². The number of benzene rings is 3. The molecule has 0 saturated heterocycles. The highest BCUT2D eigenvalue weighted by molar-refractivity contribution is 6.12. The number of aromatic nitrogens is 2. The predicted molar refractivity (Wildman–Crippen MR) is 119 cm³/mol. The van der Waals surface area contributed by atoms with Crippen LogP contribution < -0.4 is 5.63 Å². The monoisotopic (exact) mass is 420 g/mol. The van der Waals surface area contributed by atoms with Gasteiger partial charge < -0.3 is 4.42 Å². The van der Waals surface area contributed by atoms with Crippen molar-refractivity contribution in [2.45, 2.75) is 0 Å². The molecule has 0 fully saturated rings. The number of carbonyl (C=O) groups excluding carboxylic acids is 2. The van der Waals surface area contributed by atoms with Gasteiger partial charge in [-0.1, -0.05) is 66.7 Å². The third-order valence-corrected chi connectivity index (χ3v) is 5.10. The zero-order chi connectivity index (χ0) is 22.1. The number of nitrogens with zero attached hydrogens (tertiary/aromatic N) is 2. The van der Waals surface area contributed by atoms with Crippen LogP contribution in [0.25, 0.3) is 16.7 Å². The Bertz CT molecular complexity index is 1520. The normalized spacial score (nSPS) is 10.9. The van der Waals surface area contributed by atoms with Gasteiger partial charge in [0, 0.05) is 10.9 Å². The average Bonchev–Trinajstić information content (AvgIpc) is 3.29. The maximum Gasteiger partial charge on any atom is 0.347 e. The van der Waals surface area contributed by atoms with Crippen molar-refractivity contribution < 1.29 is 14.0 Å². The zero-order valence-corrected chi connectivity index (χ0v) is 16.8. The van der Waals surface area contributed by atoms with Gasteiger partial charge in [0.15, 0.2) is 0 Å². The van der Waals surface area contributed by atoms with E-state index in [1.54, 1.807) is 72.8 Å². The van der Waals surface area contributed by atoms with Crippen molar-refractivity contribution in [2.24, 2.45) is 0 Å². The molecule has 0 radical (unpaired) electrons. The molecule has 0 aliphatic heterocycles. The first-order chi connectivity index (χ1) is 15.6. The predicted octanol–water partition coefficient (Wildman–Crippen LogP) is 4.44. The second-order valence-corrected chi connectivity index (χ2v) is 7.17. The topological polar surface area (TPSA) is 82.2 Å². The molecule has 5 aromatic rings. The van der Waals surface area contributed by atoms with Crippen molar-refractivity contribution in [1.29, 1.82) is 0 Å². The maximum atomic E-state index is 13.4. The molecule has 32 heavy (non-hydrogen) atoms. The SMILES string of the molecule is O=C(c1ccccc1)c1cc(C(=O)c2cc3ccccc3oc2=O)n(-c2ccccc2)n1. The van der Waals surface area contributed by atoms with E-state index in [0.29, 0.717) is 22.2 Å². The van der Waals surface area contributed by atoms with Crippen molar-refractivity contribution in [3.8, 4) is 5.69 Å². The molecule has 0 atom stereocenters. The Morgan fingerprint density at radius 2 is 1.41 bits per heavy atom. The van der Waals surface area contributed by atoms with Crippen LogP contribution >= 0.6 is 0 Å². The van der Waals surface area contributed by atoms with Crippen LogP contribution in [0.3, 0.4) is 0 Å². The fourth-order valence-electron chi connectivity index (χ4n) is 3.52. The number of hydrogen-bond acceptors (Lipinski definition) is 5. The van der Waals surface area contributed by atoms with Crippen LogP contribution in [0.2, 0.25) is 0 Å². The summed E-state index contributed by atoms with van der Waals surface area (Å²) >= 11 is 0. The third kappa shape index (κ3) is 3.44. The quantitative estimate of drug-likeness (QED) is 0.310. The average molecular weight is 420 g/mol. The number of carbonyl (C=O) groups is 2. The number of rotatable bonds is 5. The van der Waals surface area contributed by atoms with Crippen LogP contribution in [0.4, 0.5) is 0 Å². The highest BCUT2D eigenvalue weighted by Crippen LogP contribution is 2.20. The molecule has 6 heteroatoms. The van der Waals surface area contributed by atoms with Gasteiger partial charge in [-0.25, -0.2) is 9.48 Å². The molecule has 5 rings (SSSR count). The van der Waals surface area contributed by atoms with Crippen LogP contribution in [0.15, 0.2) is 106 Å². The van der Waals surface area contributed by atoms with Crippen LogP contribution in [0.5, 0.6) is 0 Å². The minimum Gasteiger partial charge on any atom is -0.422 e. The summed E-state index contributed by atoms with van der Waals surface area (Å²) in [6.45, 7) is 0. The van der Waals surface area contributed by atoms with Crippen LogP contribution in [0, 0.1) is 0 Å². The van der Waals surface area contributed by atoms with Crippen LogP contribution in [-0.4, -0.2) is 21.3 Å². The van der Waals surface area contributed by atoms with Crippen molar-refractivity contribution in [2.75, 3.05) is 0 Å². The largest absolute Gasteiger partial charge is 0.422 e. The molecule has 6 nitrogen and oxygen atoms in total. The van der Waals surface area contributed by atoms with Gasteiger partial charge in [-0.3, -0.25) is 9.59 Å². The van der Waals surface area contributed by atoms with Crippen LogP contribution in [-0.2, 0) is 0 Å². The summed E-state index contributed by atoms with van der Waals surface area (Å²) in [5.74, 6) is -0.896. The fraction of sp³-hybridized carbons (Fsp3) is 0. The Morgan fingerprint density at radius 1 is 0.750 bits per heavy atom. The highest BCUT2D eigenvalue weighted by Gasteiger charge is 2.24. The van der Waals surface area contributed by atoms with E-state index in [2.05, 4.69) is 5.10 Å². The lowest BCUT2D eigenvalue weighted by atomic mass is 10.1. The van der Waals surface area contributed by atoms with E-state index < -0.39 is 11.4 Å². The van der Waals surface area contributed by atoms with Crippen LogP contribution in [0.1, 0.15) is 32.1 Å². The molecule has 0 aliphatic rings. The molecule has 2 aromatic heterocycles. The second kappa shape index (κ2) is 7.92. The Labute approximate surface area is 182 Å². The smallest absolute Gasteiger partial charge is 0.347 e. The zero-order valence-electron chi connectivity index (χ0n) is 16.8. The number of ketones is 2. The number of para-hydroxylation sites is 2. The van der Waals surface area contributed by atoms with E-state index in [4.69, 9.17) is 4.42 Å². The van der Waals surface area contributed by atoms with E-state index in [1.807, 2.05) is 12.1 Å². The number of hydrogen-bond donors (Lipinski definition) is 0. The molecule has 0 saturated carbocycles. The highest BCUT2D eigenvalue weighted by atomic mass is 16.4. The van der Waals surface area contributed by atoms with Crippen molar-refractivity contribution in [3.63, 3.8) is 0 Å². The van der Waals surface area contributed by atoms with E-state index in [0.717, 1.165) is 0 Å². The van der Waals surface area contributed by atoms with Gasteiger partial charge in [0.05, 0.1) is 5.69 Å². The Morgan fingerprint density at radius 3 is 2.16 bits per heavy atom. The minimum absolute atomic E-state index is 0.0954. The van der Waals surface area contributed by atoms with E-state index >= 15 is 0 Å². The first-order valence-electron chi connectivity index (χ1n) is 9.94. The van der Waals surface area contributed by atoms with Gasteiger partial charge in [0.1, 0.15) is 22.5 Å². The van der Waals surface area contributed by atoms with Gasteiger partial charge >= 0.3 is 5.63 Å². The lowest BCUT2D eigenvalue weighted by molar-refractivity contribution is 0.102. The molecule has 0 unspecified atom stereocenters. The summed E-state index contributed by atoms with van der Waals surface area (Å²) in [6.07, 6.45) is 0. The van der Waals surface area contributed by atoms with E-state index in [1.165, 1.54) is 16.8 Å². The van der Waals surface area contributed by atoms with Crippen molar-refractivity contribution in [3.05, 3.63) is 130 Å². The molecule has 3 aromatic carbocycles. The molecule has 0 amide bonds. The summed E-state index contributed by atoms with van der Waals surface area (Å²) in [4.78, 5) is 39.0. The summed E-state index contributed by atoms with van der Waals surface area (Å²) in [7, 11) is 0. The van der Waals surface area contributed by atoms with E-state index in [-0.39, 0.29) is 22.7 Å². The lowest BCUT2D eigenvalue weighted by Crippen LogP contribution is -2.18. The van der Waals surface area contributed by atoms with Gasteiger partial charge in [-0.2, -0.15) is 5.10 Å². The summed E-state index contributed by atoms with van der Waals surface area (Å²) in [5.41, 5.74) is 0.768. The summed E-state index contributed by atoms with van der Waals surface area (Å²) in [5, 5.41) is 5.04. The molecular formula is C26H16N2O4. The van der Waals surface area contributed by atoms with Crippen molar-refractivity contribution in [1.82, 2.24) is 9.78 Å². The first-order valence-corrected chi connectivity index (χ1v) is 9.94. The maximum absolute atomic E-state index is 13.4. The van der Waals surface area contributed by atoms with Gasteiger partial charge in [-0.05, 0) is 30.3 Å². The molecule has 0 aliphatic carbocycles. The van der Waals surface area contributed by atoms with E-state index in [9.17, 15) is 14.4 Å². The molecule has 0 spiro atoms. The standard InChI is InChI=1S/C26H16N2O4/c29-24(17-9-3-1-4-10-17)21-16-22(28(27-21)19-12-5-2-6-13-19)25(30)20-15-18-11-7-8-14-23(18)32-26(20)31/h1-16H. The molecule has 154 valence electrons.